The van der Waals surface area contributed by atoms with Gasteiger partial charge in [-0.1, -0.05) is 6.42 Å². The van der Waals surface area contributed by atoms with E-state index in [1.807, 2.05) is 16.8 Å². The summed E-state index contributed by atoms with van der Waals surface area (Å²) in [5.41, 5.74) is -1.19. The van der Waals surface area contributed by atoms with E-state index in [4.69, 9.17) is 0 Å². The van der Waals surface area contributed by atoms with Crippen molar-refractivity contribution in [3.8, 4) is 11.5 Å². The lowest BCUT2D eigenvalue weighted by atomic mass is 9.67. The Morgan fingerprint density at radius 3 is 2.62 bits per heavy atom. The smallest absolute Gasteiger partial charge is 0.396 e. The van der Waals surface area contributed by atoms with Gasteiger partial charge in [0.15, 0.2) is 5.82 Å². The van der Waals surface area contributed by atoms with Gasteiger partial charge in [-0.2, -0.15) is 13.2 Å². The maximum atomic E-state index is 13.7. The summed E-state index contributed by atoms with van der Waals surface area (Å²) < 4.78 is 45.5. The highest BCUT2D eigenvalue weighted by Crippen LogP contribution is 2.54. The molecule has 2 aromatic heterocycles. The van der Waals surface area contributed by atoms with Crippen molar-refractivity contribution >= 4 is 15.9 Å². The van der Waals surface area contributed by atoms with Gasteiger partial charge < -0.3 is 14.2 Å². The van der Waals surface area contributed by atoms with Crippen LogP contribution in [0.25, 0.3) is 11.5 Å². The quantitative estimate of drug-likeness (QED) is 0.836. The van der Waals surface area contributed by atoms with E-state index in [0.717, 1.165) is 4.47 Å². The molecule has 0 aromatic carbocycles. The number of nitrogens with zero attached hydrogens (tertiary/aromatic N) is 4. The number of fused-ring (bicyclic) bond motifs is 3. The van der Waals surface area contributed by atoms with Crippen LogP contribution in [0.3, 0.4) is 0 Å². The third-order valence-electron chi connectivity index (χ3n) is 5.17. The van der Waals surface area contributed by atoms with Gasteiger partial charge in [-0.05, 0) is 34.8 Å². The summed E-state index contributed by atoms with van der Waals surface area (Å²) in [6.45, 7) is 0.704. The van der Waals surface area contributed by atoms with Gasteiger partial charge in [0.25, 0.3) is 0 Å². The van der Waals surface area contributed by atoms with Crippen molar-refractivity contribution in [3.05, 3.63) is 22.6 Å². The maximum Gasteiger partial charge on any atom is 0.401 e. The van der Waals surface area contributed by atoms with Gasteiger partial charge in [0.05, 0.1) is 5.69 Å². The molecule has 1 N–H and O–H groups in total. The van der Waals surface area contributed by atoms with Gasteiger partial charge in [0.2, 0.25) is 0 Å². The molecule has 9 heteroatoms. The van der Waals surface area contributed by atoms with Gasteiger partial charge in [-0.3, -0.25) is 0 Å². The van der Waals surface area contributed by atoms with Crippen LogP contribution in [0.4, 0.5) is 13.2 Å². The summed E-state index contributed by atoms with van der Waals surface area (Å²) in [5, 5.41) is 17.7. The van der Waals surface area contributed by atoms with E-state index in [0.29, 0.717) is 24.5 Å². The molecule has 1 unspecified atom stereocenters. The van der Waals surface area contributed by atoms with Crippen molar-refractivity contribution < 1.29 is 18.3 Å². The number of aliphatic hydroxyl groups is 1. The normalized spacial score (nSPS) is 22.5. The lowest BCUT2D eigenvalue weighted by Crippen LogP contribution is -2.50. The SMILES string of the molecule is OCC1Cn2cc(Br)cc2-c2nnc(C3(C(F)(F)F)CCC3)n2C1. The number of aromatic nitrogens is 4. The Hall–Kier alpha value is -1.35. The number of rotatable bonds is 2. The first-order chi connectivity index (χ1) is 11.4. The average molecular weight is 405 g/mol. The van der Waals surface area contributed by atoms with Crippen LogP contribution >= 0.6 is 15.9 Å². The first-order valence-electron chi connectivity index (χ1n) is 7.83. The molecule has 2 aliphatic rings. The lowest BCUT2D eigenvalue weighted by molar-refractivity contribution is -0.216. The van der Waals surface area contributed by atoms with E-state index >= 15 is 0 Å². The molecule has 0 saturated heterocycles. The molecule has 1 aliphatic heterocycles. The Morgan fingerprint density at radius 1 is 1.29 bits per heavy atom. The molecule has 2 aromatic rings. The number of hydrogen-bond acceptors (Lipinski definition) is 3. The highest BCUT2D eigenvalue weighted by molar-refractivity contribution is 9.10. The summed E-state index contributed by atoms with van der Waals surface area (Å²) in [5.74, 6) is 0.229. The van der Waals surface area contributed by atoms with Crippen LogP contribution in [0.5, 0.6) is 0 Å². The summed E-state index contributed by atoms with van der Waals surface area (Å²) in [6.07, 6.45) is -1.87. The van der Waals surface area contributed by atoms with Crippen LogP contribution in [-0.2, 0) is 18.5 Å². The van der Waals surface area contributed by atoms with Gasteiger partial charge in [-0.15, -0.1) is 10.2 Å². The zero-order chi connectivity index (χ0) is 17.1. The predicted molar refractivity (Wildman–Crippen MR) is 83.3 cm³/mol. The Bertz CT molecular complexity index is 778. The third-order valence-corrected chi connectivity index (χ3v) is 5.61. The fraction of sp³-hybridized carbons (Fsp3) is 0.600. The van der Waals surface area contributed by atoms with E-state index in [2.05, 4.69) is 26.1 Å². The minimum Gasteiger partial charge on any atom is -0.396 e. The van der Waals surface area contributed by atoms with E-state index in [1.54, 1.807) is 4.57 Å². The molecule has 0 radical (unpaired) electrons. The van der Waals surface area contributed by atoms with Crippen LogP contribution in [0.2, 0.25) is 0 Å². The Labute approximate surface area is 144 Å². The molecule has 0 spiro atoms. The Morgan fingerprint density at radius 2 is 2.04 bits per heavy atom. The fourth-order valence-electron chi connectivity index (χ4n) is 3.71. The van der Waals surface area contributed by atoms with Crippen LogP contribution in [0.15, 0.2) is 16.7 Å². The molecule has 1 atom stereocenters. The van der Waals surface area contributed by atoms with Crippen molar-refractivity contribution in [2.75, 3.05) is 6.61 Å². The number of halogens is 4. The predicted octanol–water partition coefficient (Wildman–Crippen LogP) is 3.12. The molecule has 130 valence electrons. The Kier molecular flexibility index (Phi) is 3.58. The van der Waals surface area contributed by atoms with Crippen LogP contribution in [-0.4, -0.2) is 37.2 Å². The second-order valence-electron chi connectivity index (χ2n) is 6.64. The molecule has 0 bridgehead atoms. The number of alkyl halides is 3. The summed E-state index contributed by atoms with van der Waals surface area (Å²) in [4.78, 5) is 0. The molecular formula is C15H16BrF3N4O. The first-order valence-corrected chi connectivity index (χ1v) is 8.62. The van der Waals surface area contributed by atoms with Gasteiger partial charge in [0.1, 0.15) is 11.2 Å². The molecule has 24 heavy (non-hydrogen) atoms. The molecule has 4 rings (SSSR count). The largest absolute Gasteiger partial charge is 0.401 e. The summed E-state index contributed by atoms with van der Waals surface area (Å²) in [7, 11) is 0. The standard InChI is InChI=1S/C15H16BrF3N4O/c16-10-4-11-12-20-21-13(14(2-1-3-14)15(17,18)19)23(12)6-9(8-24)5-22(11)7-10/h4,7,9,24H,1-3,5-6,8H2. The van der Waals surface area contributed by atoms with Crippen LogP contribution in [0, 0.1) is 5.92 Å². The van der Waals surface area contributed by atoms with Crippen LogP contribution < -0.4 is 0 Å². The van der Waals surface area contributed by atoms with Crippen molar-refractivity contribution in [2.24, 2.45) is 5.92 Å². The second kappa shape index (κ2) is 5.32. The number of hydrogen-bond donors (Lipinski definition) is 1. The second-order valence-corrected chi connectivity index (χ2v) is 7.55. The van der Waals surface area contributed by atoms with Gasteiger partial charge in [-0.25, -0.2) is 0 Å². The van der Waals surface area contributed by atoms with Crippen molar-refractivity contribution in [2.45, 2.75) is 43.9 Å². The Balaban J connectivity index is 1.89. The molecule has 1 saturated carbocycles. The fourth-order valence-corrected chi connectivity index (χ4v) is 4.17. The van der Waals surface area contributed by atoms with E-state index in [9.17, 15) is 18.3 Å². The van der Waals surface area contributed by atoms with Crippen molar-refractivity contribution in [3.63, 3.8) is 0 Å². The van der Waals surface area contributed by atoms with Gasteiger partial charge in [0, 0.05) is 36.3 Å². The molecule has 3 heterocycles. The van der Waals surface area contributed by atoms with E-state index in [-0.39, 0.29) is 37.7 Å². The lowest BCUT2D eigenvalue weighted by Gasteiger charge is -2.42. The third kappa shape index (κ3) is 2.17. The molecular weight excluding hydrogens is 389 g/mol. The highest BCUT2D eigenvalue weighted by Gasteiger charge is 2.62. The monoisotopic (exact) mass is 404 g/mol. The molecule has 1 fully saturated rings. The van der Waals surface area contributed by atoms with Crippen molar-refractivity contribution in [1.82, 2.24) is 19.3 Å². The van der Waals surface area contributed by atoms with Crippen LogP contribution in [0.1, 0.15) is 25.1 Å². The van der Waals surface area contributed by atoms with Crippen molar-refractivity contribution in [1.29, 1.82) is 0 Å². The zero-order valence-electron chi connectivity index (χ0n) is 12.7. The summed E-state index contributed by atoms with van der Waals surface area (Å²) in [6, 6.07) is 1.82. The topological polar surface area (TPSA) is 55.9 Å². The van der Waals surface area contributed by atoms with E-state index in [1.165, 1.54) is 0 Å². The molecule has 5 nitrogen and oxygen atoms in total. The number of aliphatic hydroxyl groups excluding tert-OH is 1. The maximum absolute atomic E-state index is 13.7. The van der Waals surface area contributed by atoms with Gasteiger partial charge >= 0.3 is 6.18 Å². The van der Waals surface area contributed by atoms with E-state index < -0.39 is 11.6 Å². The zero-order valence-corrected chi connectivity index (χ0v) is 14.3. The minimum atomic E-state index is -4.35. The average Bonchev–Trinajstić information content (AvgIpc) is 2.96. The minimum absolute atomic E-state index is 0.0135. The molecule has 1 aliphatic carbocycles. The summed E-state index contributed by atoms with van der Waals surface area (Å²) >= 11 is 3.39. The highest BCUT2D eigenvalue weighted by atomic mass is 79.9. The first kappa shape index (κ1) is 16.1. The molecule has 0 amide bonds.